The van der Waals surface area contributed by atoms with E-state index in [1.165, 1.54) is 58.9 Å². The highest BCUT2D eigenvalue weighted by molar-refractivity contribution is 7.24. The van der Waals surface area contributed by atoms with E-state index in [0.29, 0.717) is 0 Å². The number of aryl methyl sites for hydroxylation is 2. The molecule has 3 nitrogen and oxygen atoms in total. The fourth-order valence-electron chi connectivity index (χ4n) is 4.43. The van der Waals surface area contributed by atoms with Crippen LogP contribution in [0.5, 0.6) is 0 Å². The first-order chi connectivity index (χ1) is 17.3. The SMILES string of the molecule is CC.CC1=CC(C)=N/C1=C(/c1ccc(-c2ccc(-c3ccc(N(C)C)cc3)s2)s1)c1[nH]c(C)cc1C. The van der Waals surface area contributed by atoms with Gasteiger partial charge in [0, 0.05) is 56.3 Å². The van der Waals surface area contributed by atoms with Gasteiger partial charge in [0.15, 0.2) is 0 Å². The number of nitrogens with zero attached hydrogens (tertiary/aromatic N) is 2. The Morgan fingerprint density at radius 3 is 2.03 bits per heavy atom. The van der Waals surface area contributed by atoms with Gasteiger partial charge in [0.05, 0.1) is 11.4 Å². The van der Waals surface area contributed by atoms with Crippen LogP contribution >= 0.6 is 22.7 Å². The van der Waals surface area contributed by atoms with E-state index in [0.717, 1.165) is 11.4 Å². The van der Waals surface area contributed by atoms with Crippen LogP contribution < -0.4 is 4.90 Å². The molecule has 0 fully saturated rings. The van der Waals surface area contributed by atoms with Crippen molar-refractivity contribution in [2.24, 2.45) is 4.99 Å². The van der Waals surface area contributed by atoms with Crippen molar-refractivity contribution in [1.82, 2.24) is 4.98 Å². The molecule has 1 N–H and O–H groups in total. The van der Waals surface area contributed by atoms with Crippen LogP contribution in [-0.4, -0.2) is 24.8 Å². The predicted octanol–water partition coefficient (Wildman–Crippen LogP) is 9.36. The highest BCUT2D eigenvalue weighted by atomic mass is 32.1. The molecule has 0 radical (unpaired) electrons. The fraction of sp³-hybridized carbons (Fsp3) is 0.258. The first-order valence-electron chi connectivity index (χ1n) is 12.4. The number of allylic oxidation sites excluding steroid dienone is 2. The van der Waals surface area contributed by atoms with Crippen LogP contribution in [0.25, 0.3) is 25.8 Å². The van der Waals surface area contributed by atoms with Gasteiger partial charge in [0.2, 0.25) is 0 Å². The van der Waals surface area contributed by atoms with E-state index in [-0.39, 0.29) is 0 Å². The summed E-state index contributed by atoms with van der Waals surface area (Å²) >= 11 is 3.69. The molecule has 0 bridgehead atoms. The quantitative estimate of drug-likeness (QED) is 0.283. The summed E-state index contributed by atoms with van der Waals surface area (Å²) in [5.41, 5.74) is 10.6. The Morgan fingerprint density at radius 2 is 1.44 bits per heavy atom. The molecule has 0 aliphatic carbocycles. The number of aromatic amines is 1. The van der Waals surface area contributed by atoms with Crippen LogP contribution in [0.2, 0.25) is 0 Å². The fourth-order valence-corrected chi connectivity index (χ4v) is 6.59. The molecule has 4 aromatic rings. The lowest BCUT2D eigenvalue weighted by molar-refractivity contribution is 1.13. The summed E-state index contributed by atoms with van der Waals surface area (Å²) < 4.78 is 0. The summed E-state index contributed by atoms with van der Waals surface area (Å²) in [5, 5.41) is 0. The monoisotopic (exact) mass is 513 g/mol. The molecule has 1 aromatic carbocycles. The van der Waals surface area contributed by atoms with Crippen molar-refractivity contribution in [3.63, 3.8) is 0 Å². The van der Waals surface area contributed by atoms with Gasteiger partial charge in [-0.3, -0.25) is 4.99 Å². The van der Waals surface area contributed by atoms with E-state index < -0.39 is 0 Å². The summed E-state index contributed by atoms with van der Waals surface area (Å²) in [7, 11) is 4.14. The van der Waals surface area contributed by atoms with Gasteiger partial charge < -0.3 is 9.88 Å². The van der Waals surface area contributed by atoms with Crippen molar-refractivity contribution in [2.45, 2.75) is 41.5 Å². The average molecular weight is 514 g/mol. The van der Waals surface area contributed by atoms with Crippen LogP contribution in [0.4, 0.5) is 5.69 Å². The molecule has 0 saturated heterocycles. The molecule has 0 saturated carbocycles. The lowest BCUT2D eigenvalue weighted by atomic mass is 10.0. The van der Waals surface area contributed by atoms with Crippen molar-refractivity contribution >= 4 is 39.6 Å². The Kier molecular flexibility index (Phi) is 7.82. The molecule has 0 unspecified atom stereocenters. The standard InChI is InChI=1S/C29H29N3S2.C2H6/c1-17-15-19(3)30-28(17)27(29-18(2)16-20(4)31-29)26-14-13-25(34-26)24-12-11-23(33-24)21-7-9-22(10-8-21)32(5)6;1-2/h7-16,30H,1-6H3;1-2H3/b29-27-;. The number of H-pyrrole nitrogens is 1. The Bertz CT molecular complexity index is 1450. The molecule has 5 rings (SSSR count). The number of hydrogen-bond donors (Lipinski definition) is 1. The lowest BCUT2D eigenvalue weighted by Crippen LogP contribution is -2.07. The van der Waals surface area contributed by atoms with Crippen LogP contribution in [0.3, 0.4) is 0 Å². The first kappa shape index (κ1) is 25.9. The second kappa shape index (κ2) is 10.9. The topological polar surface area (TPSA) is 31.4 Å². The third kappa shape index (κ3) is 5.18. The summed E-state index contributed by atoms with van der Waals surface area (Å²) in [5.74, 6) is 0. The van der Waals surface area contributed by atoms with E-state index in [2.05, 4.69) is 112 Å². The summed E-state index contributed by atoms with van der Waals surface area (Å²) in [4.78, 5) is 15.7. The number of aromatic nitrogens is 1. The third-order valence-electron chi connectivity index (χ3n) is 6.09. The molecule has 186 valence electrons. The molecule has 1 aliphatic heterocycles. The lowest BCUT2D eigenvalue weighted by Gasteiger charge is -2.12. The Balaban J connectivity index is 0.00000148. The van der Waals surface area contributed by atoms with Crippen LogP contribution in [0.1, 0.15) is 49.5 Å². The summed E-state index contributed by atoms with van der Waals surface area (Å²) in [6, 6.07) is 20.0. The van der Waals surface area contributed by atoms with Crippen LogP contribution in [0.15, 0.2) is 76.9 Å². The molecule has 0 amide bonds. The summed E-state index contributed by atoms with van der Waals surface area (Å²) in [6.45, 7) is 12.5. The largest absolute Gasteiger partial charge is 0.378 e. The smallest absolute Gasteiger partial charge is 0.0770 e. The maximum Gasteiger partial charge on any atom is 0.0770 e. The molecule has 36 heavy (non-hydrogen) atoms. The van der Waals surface area contributed by atoms with E-state index in [1.807, 2.05) is 36.5 Å². The predicted molar refractivity (Wildman–Crippen MR) is 162 cm³/mol. The zero-order valence-corrected chi connectivity index (χ0v) is 24.1. The van der Waals surface area contributed by atoms with Gasteiger partial charge in [-0.2, -0.15) is 0 Å². The molecular formula is C31H35N3S2. The first-order valence-corrected chi connectivity index (χ1v) is 14.1. The Hall–Kier alpha value is -3.15. The van der Waals surface area contributed by atoms with Gasteiger partial charge in [0.25, 0.3) is 0 Å². The van der Waals surface area contributed by atoms with Crippen molar-refractivity contribution in [2.75, 3.05) is 19.0 Å². The van der Waals surface area contributed by atoms with Gasteiger partial charge in [-0.05, 0) is 92.9 Å². The highest BCUT2D eigenvalue weighted by Crippen LogP contribution is 2.43. The minimum atomic E-state index is 1.06. The van der Waals surface area contributed by atoms with Gasteiger partial charge in [0.1, 0.15) is 0 Å². The van der Waals surface area contributed by atoms with Crippen molar-refractivity contribution in [3.8, 4) is 20.2 Å². The van der Waals surface area contributed by atoms with Gasteiger partial charge >= 0.3 is 0 Å². The molecular weight excluding hydrogens is 478 g/mol. The number of nitrogens with one attached hydrogen (secondary N) is 1. The Morgan fingerprint density at radius 1 is 0.806 bits per heavy atom. The maximum atomic E-state index is 4.91. The number of anilines is 1. The normalized spacial score (nSPS) is 14.2. The number of rotatable bonds is 5. The zero-order valence-electron chi connectivity index (χ0n) is 22.5. The van der Waals surface area contributed by atoms with Crippen molar-refractivity contribution in [3.05, 3.63) is 93.8 Å². The molecule has 4 heterocycles. The molecule has 5 heteroatoms. The maximum absolute atomic E-state index is 4.91. The highest BCUT2D eigenvalue weighted by Gasteiger charge is 2.22. The molecule has 0 spiro atoms. The number of thiophene rings is 2. The van der Waals surface area contributed by atoms with E-state index in [1.54, 1.807) is 0 Å². The number of aliphatic imine (C=N–C) groups is 1. The van der Waals surface area contributed by atoms with Gasteiger partial charge in [-0.1, -0.05) is 26.0 Å². The molecule has 0 atom stereocenters. The van der Waals surface area contributed by atoms with E-state index in [9.17, 15) is 0 Å². The third-order valence-corrected chi connectivity index (χ3v) is 8.53. The van der Waals surface area contributed by atoms with Crippen molar-refractivity contribution in [1.29, 1.82) is 0 Å². The van der Waals surface area contributed by atoms with Crippen molar-refractivity contribution < 1.29 is 0 Å². The summed E-state index contributed by atoms with van der Waals surface area (Å²) in [6.07, 6.45) is 2.17. The van der Waals surface area contributed by atoms with Crippen LogP contribution in [0, 0.1) is 13.8 Å². The van der Waals surface area contributed by atoms with Gasteiger partial charge in [-0.25, -0.2) is 0 Å². The molecule has 3 aromatic heterocycles. The average Bonchev–Trinajstić information content (AvgIpc) is 3.64. The second-order valence-electron chi connectivity index (χ2n) is 9.08. The Labute approximate surface area is 223 Å². The zero-order chi connectivity index (χ0) is 26.0. The minimum absolute atomic E-state index is 1.06. The second-order valence-corrected chi connectivity index (χ2v) is 11.3. The molecule has 1 aliphatic rings. The van der Waals surface area contributed by atoms with E-state index in [4.69, 9.17) is 4.99 Å². The minimum Gasteiger partial charge on any atom is -0.378 e. The number of hydrogen-bond acceptors (Lipinski definition) is 4. The van der Waals surface area contributed by atoms with Crippen LogP contribution in [-0.2, 0) is 0 Å². The van der Waals surface area contributed by atoms with E-state index >= 15 is 0 Å². The van der Waals surface area contributed by atoms with Gasteiger partial charge in [-0.15, -0.1) is 22.7 Å². The number of benzene rings is 1.